The van der Waals surface area contributed by atoms with E-state index in [9.17, 15) is 4.79 Å². The second-order valence-electron chi connectivity index (χ2n) is 3.03. The van der Waals surface area contributed by atoms with Crippen LogP contribution in [-0.2, 0) is 6.54 Å². The number of carbonyl (C=O) groups is 1. The number of hydrogen-bond acceptors (Lipinski definition) is 3. The Morgan fingerprint density at radius 3 is 3.00 bits per heavy atom. The van der Waals surface area contributed by atoms with Crippen LogP contribution >= 0.6 is 11.3 Å². The summed E-state index contributed by atoms with van der Waals surface area (Å²) in [4.78, 5) is 11.9. The van der Waals surface area contributed by atoms with Crippen LogP contribution in [0.25, 0.3) is 10.6 Å². The summed E-state index contributed by atoms with van der Waals surface area (Å²) in [6, 6.07) is 3.76. The normalized spacial score (nSPS) is 10.5. The molecule has 0 atom stereocenters. The van der Waals surface area contributed by atoms with Crippen LogP contribution < -0.4 is 0 Å². The average molecular weight is 222 g/mol. The highest BCUT2D eigenvalue weighted by Gasteiger charge is 2.16. The van der Waals surface area contributed by atoms with E-state index in [1.54, 1.807) is 10.9 Å². The van der Waals surface area contributed by atoms with E-state index in [0.717, 1.165) is 4.88 Å². The highest BCUT2D eigenvalue weighted by atomic mass is 32.1. The van der Waals surface area contributed by atoms with E-state index in [0.29, 0.717) is 12.2 Å². The smallest absolute Gasteiger partial charge is 0.339 e. The molecule has 2 rings (SSSR count). The lowest BCUT2D eigenvalue weighted by molar-refractivity contribution is 0.0697. The van der Waals surface area contributed by atoms with Gasteiger partial charge in [0.1, 0.15) is 11.3 Å². The van der Waals surface area contributed by atoms with Gasteiger partial charge in [-0.15, -0.1) is 11.3 Å². The molecule has 0 bridgehead atoms. The Hall–Kier alpha value is -1.62. The number of rotatable bonds is 3. The minimum Gasteiger partial charge on any atom is -0.478 e. The Bertz CT molecular complexity index is 474. The van der Waals surface area contributed by atoms with E-state index >= 15 is 0 Å². The monoisotopic (exact) mass is 222 g/mol. The lowest BCUT2D eigenvalue weighted by atomic mass is 10.2. The number of aromatic carboxylic acids is 1. The summed E-state index contributed by atoms with van der Waals surface area (Å²) in [5, 5.41) is 15.2. The Morgan fingerprint density at radius 2 is 2.47 bits per heavy atom. The fraction of sp³-hybridized carbons (Fsp3) is 0.200. The zero-order valence-corrected chi connectivity index (χ0v) is 8.99. The highest BCUT2D eigenvalue weighted by Crippen LogP contribution is 2.26. The van der Waals surface area contributed by atoms with Crippen molar-refractivity contribution < 1.29 is 9.90 Å². The molecule has 0 saturated heterocycles. The van der Waals surface area contributed by atoms with Crippen molar-refractivity contribution in [2.75, 3.05) is 0 Å². The van der Waals surface area contributed by atoms with Crippen molar-refractivity contribution in [1.29, 1.82) is 0 Å². The van der Waals surface area contributed by atoms with Crippen LogP contribution in [0.5, 0.6) is 0 Å². The maximum atomic E-state index is 11.0. The fourth-order valence-corrected chi connectivity index (χ4v) is 2.06. The van der Waals surface area contributed by atoms with E-state index in [1.807, 2.05) is 24.4 Å². The van der Waals surface area contributed by atoms with Gasteiger partial charge in [-0.1, -0.05) is 6.07 Å². The second kappa shape index (κ2) is 3.86. The standard InChI is InChI=1S/C10H10N2O2S/c1-2-12-6-7(10(13)14)9(11-12)8-4-3-5-15-8/h3-6H,2H2,1H3,(H,13,14). The van der Waals surface area contributed by atoms with Crippen molar-refractivity contribution in [2.24, 2.45) is 0 Å². The first kappa shape index (κ1) is 9.92. The molecule has 2 heterocycles. The van der Waals surface area contributed by atoms with Crippen molar-refractivity contribution in [3.8, 4) is 10.6 Å². The van der Waals surface area contributed by atoms with Gasteiger partial charge in [0.15, 0.2) is 0 Å². The molecule has 15 heavy (non-hydrogen) atoms. The summed E-state index contributed by atoms with van der Waals surface area (Å²) in [6.07, 6.45) is 1.57. The van der Waals surface area contributed by atoms with Crippen molar-refractivity contribution in [3.05, 3.63) is 29.3 Å². The molecule has 2 aromatic rings. The molecule has 1 N–H and O–H groups in total. The summed E-state index contributed by atoms with van der Waals surface area (Å²) < 4.78 is 1.64. The van der Waals surface area contributed by atoms with Gasteiger partial charge in [-0.2, -0.15) is 5.10 Å². The molecule has 0 unspecified atom stereocenters. The molecule has 0 aromatic carbocycles. The van der Waals surface area contributed by atoms with E-state index in [2.05, 4.69) is 5.10 Å². The lowest BCUT2D eigenvalue weighted by Crippen LogP contribution is -1.95. The molecule has 0 aliphatic carbocycles. The zero-order chi connectivity index (χ0) is 10.8. The second-order valence-corrected chi connectivity index (χ2v) is 3.98. The SMILES string of the molecule is CCn1cc(C(=O)O)c(-c2cccs2)n1. The van der Waals surface area contributed by atoms with Gasteiger partial charge in [0.25, 0.3) is 0 Å². The third-order valence-corrected chi connectivity index (χ3v) is 2.95. The van der Waals surface area contributed by atoms with Crippen LogP contribution in [0.1, 0.15) is 17.3 Å². The van der Waals surface area contributed by atoms with Gasteiger partial charge in [-0.3, -0.25) is 4.68 Å². The van der Waals surface area contributed by atoms with Gasteiger partial charge in [-0.25, -0.2) is 4.79 Å². The van der Waals surface area contributed by atoms with Gasteiger partial charge in [0, 0.05) is 12.7 Å². The van der Waals surface area contributed by atoms with Gasteiger partial charge >= 0.3 is 5.97 Å². The lowest BCUT2D eigenvalue weighted by Gasteiger charge is -1.92. The number of thiophene rings is 1. The fourth-order valence-electron chi connectivity index (χ4n) is 1.34. The first-order valence-corrected chi connectivity index (χ1v) is 5.45. The van der Waals surface area contributed by atoms with Gasteiger partial charge in [-0.05, 0) is 18.4 Å². The molecule has 4 nitrogen and oxygen atoms in total. The molecule has 0 saturated carbocycles. The predicted molar refractivity (Wildman–Crippen MR) is 58.2 cm³/mol. The highest BCUT2D eigenvalue weighted by molar-refractivity contribution is 7.13. The van der Waals surface area contributed by atoms with Crippen LogP contribution in [0.2, 0.25) is 0 Å². The third kappa shape index (κ3) is 1.78. The molecular weight excluding hydrogens is 212 g/mol. The molecule has 0 aliphatic rings. The van der Waals surface area contributed by atoms with Crippen molar-refractivity contribution in [1.82, 2.24) is 9.78 Å². The first-order valence-electron chi connectivity index (χ1n) is 4.57. The van der Waals surface area contributed by atoms with Gasteiger partial charge in [0.05, 0.1) is 4.88 Å². The number of nitrogens with zero attached hydrogens (tertiary/aromatic N) is 2. The summed E-state index contributed by atoms with van der Waals surface area (Å²) in [7, 11) is 0. The quantitative estimate of drug-likeness (QED) is 0.867. The van der Waals surface area contributed by atoms with Gasteiger partial charge in [0.2, 0.25) is 0 Å². The summed E-state index contributed by atoms with van der Waals surface area (Å²) in [6.45, 7) is 2.60. The first-order chi connectivity index (χ1) is 7.22. The number of aryl methyl sites for hydroxylation is 1. The van der Waals surface area contributed by atoms with Crippen LogP contribution in [0.3, 0.4) is 0 Å². The predicted octanol–water partition coefficient (Wildman–Crippen LogP) is 2.33. The summed E-state index contributed by atoms with van der Waals surface area (Å²) in [5.41, 5.74) is 0.818. The van der Waals surface area contributed by atoms with E-state index < -0.39 is 5.97 Å². The number of aromatic nitrogens is 2. The summed E-state index contributed by atoms with van der Waals surface area (Å²) in [5.74, 6) is -0.932. The molecule has 0 aliphatic heterocycles. The average Bonchev–Trinajstić information content (AvgIpc) is 2.86. The van der Waals surface area contributed by atoms with Crippen molar-refractivity contribution >= 4 is 17.3 Å². The number of hydrogen-bond donors (Lipinski definition) is 1. The van der Waals surface area contributed by atoms with Crippen molar-refractivity contribution in [2.45, 2.75) is 13.5 Å². The van der Waals surface area contributed by atoms with E-state index in [-0.39, 0.29) is 5.56 Å². The van der Waals surface area contributed by atoms with E-state index in [1.165, 1.54) is 11.3 Å². The molecular formula is C10H10N2O2S. The largest absolute Gasteiger partial charge is 0.478 e. The van der Waals surface area contributed by atoms with Crippen LogP contribution in [0.15, 0.2) is 23.7 Å². The van der Waals surface area contributed by atoms with Crippen LogP contribution in [0.4, 0.5) is 0 Å². The van der Waals surface area contributed by atoms with Crippen LogP contribution in [0, 0.1) is 0 Å². The number of carboxylic acid groups (broad SMARTS) is 1. The summed E-state index contributed by atoms with van der Waals surface area (Å²) >= 11 is 1.49. The Labute approximate surface area is 90.8 Å². The molecule has 5 heteroatoms. The van der Waals surface area contributed by atoms with Crippen LogP contribution in [-0.4, -0.2) is 20.9 Å². The maximum Gasteiger partial charge on any atom is 0.339 e. The molecule has 78 valence electrons. The molecule has 2 aromatic heterocycles. The van der Waals surface area contributed by atoms with Gasteiger partial charge < -0.3 is 5.11 Å². The Morgan fingerprint density at radius 1 is 1.67 bits per heavy atom. The zero-order valence-electron chi connectivity index (χ0n) is 8.17. The molecule has 0 spiro atoms. The third-order valence-electron chi connectivity index (χ3n) is 2.07. The minimum atomic E-state index is -0.932. The minimum absolute atomic E-state index is 0.263. The molecule has 0 amide bonds. The maximum absolute atomic E-state index is 11.0. The Kier molecular flexibility index (Phi) is 2.55. The topological polar surface area (TPSA) is 55.1 Å². The molecule has 0 fully saturated rings. The van der Waals surface area contributed by atoms with E-state index in [4.69, 9.17) is 5.11 Å². The van der Waals surface area contributed by atoms with Crippen molar-refractivity contribution in [3.63, 3.8) is 0 Å². The Balaban J connectivity index is 2.54. The number of carboxylic acids is 1. The molecule has 0 radical (unpaired) electrons.